The van der Waals surface area contributed by atoms with Gasteiger partial charge >= 0.3 is 5.97 Å². The zero-order chi connectivity index (χ0) is 18.1. The quantitative estimate of drug-likeness (QED) is 0.530. The zero-order valence-corrected chi connectivity index (χ0v) is 14.6. The van der Waals surface area contributed by atoms with Gasteiger partial charge in [0, 0.05) is 40.2 Å². The molecule has 0 saturated carbocycles. The van der Waals surface area contributed by atoms with Gasteiger partial charge < -0.3 is 9.30 Å². The summed E-state index contributed by atoms with van der Waals surface area (Å²) in [4.78, 5) is 24.6. The van der Waals surface area contributed by atoms with Crippen LogP contribution in [0.15, 0.2) is 60.3 Å². The number of carbonyl (C=O) groups is 2. The monoisotopic (exact) mass is 345 g/mol. The van der Waals surface area contributed by atoms with E-state index in [1.165, 1.54) is 0 Å². The van der Waals surface area contributed by atoms with Crippen LogP contribution in [0.5, 0.6) is 0 Å². The third kappa shape index (κ3) is 2.84. The Morgan fingerprint density at radius 2 is 1.92 bits per heavy atom. The van der Waals surface area contributed by atoms with Gasteiger partial charge in [-0.05, 0) is 24.6 Å². The molecular formula is C22H19NO3. The van der Waals surface area contributed by atoms with Crippen molar-refractivity contribution < 1.29 is 14.3 Å². The van der Waals surface area contributed by atoms with E-state index in [-0.39, 0.29) is 18.3 Å². The van der Waals surface area contributed by atoms with Gasteiger partial charge in [0.2, 0.25) is 0 Å². The van der Waals surface area contributed by atoms with Crippen LogP contribution in [-0.4, -0.2) is 22.9 Å². The van der Waals surface area contributed by atoms with Crippen molar-refractivity contribution in [1.82, 2.24) is 4.57 Å². The third-order valence-corrected chi connectivity index (χ3v) is 4.69. The second kappa shape index (κ2) is 6.64. The number of esters is 1. The average molecular weight is 345 g/mol. The molecule has 0 radical (unpaired) electrons. The highest BCUT2D eigenvalue weighted by molar-refractivity contribution is 6.16. The Balaban J connectivity index is 1.74. The topological polar surface area (TPSA) is 48.3 Å². The zero-order valence-electron chi connectivity index (χ0n) is 14.6. The molecule has 0 N–H and O–H groups in total. The molecule has 1 aliphatic rings. The highest BCUT2D eigenvalue weighted by atomic mass is 16.5. The Morgan fingerprint density at radius 1 is 1.15 bits per heavy atom. The molecule has 0 saturated heterocycles. The molecule has 0 aliphatic heterocycles. The molecule has 4 rings (SSSR count). The van der Waals surface area contributed by atoms with Crippen molar-refractivity contribution in [3.05, 3.63) is 77.0 Å². The number of aromatic nitrogens is 1. The molecule has 1 aliphatic carbocycles. The highest BCUT2D eigenvalue weighted by Gasteiger charge is 2.24. The number of hydrogen-bond donors (Lipinski definition) is 0. The summed E-state index contributed by atoms with van der Waals surface area (Å²) in [5.74, 6) is -0.181. The number of Topliss-reactive ketones (excluding diaryl/α,β-unsaturated/α-hetero) is 1. The van der Waals surface area contributed by atoms with Gasteiger partial charge in [-0.25, -0.2) is 0 Å². The minimum Gasteiger partial charge on any atom is -0.465 e. The van der Waals surface area contributed by atoms with E-state index in [9.17, 15) is 9.59 Å². The van der Waals surface area contributed by atoms with E-state index >= 15 is 0 Å². The SMILES string of the molecule is CCOC(=O)Cn1cc(/C=C2\Cc3ccccc3C2=O)c2ccccc21. The minimum atomic E-state index is -0.267. The van der Waals surface area contributed by atoms with Gasteiger partial charge in [0.15, 0.2) is 5.78 Å². The number of hydrogen-bond acceptors (Lipinski definition) is 3. The molecule has 26 heavy (non-hydrogen) atoms. The first kappa shape index (κ1) is 16.3. The fraction of sp³-hybridized carbons (Fsp3) is 0.182. The Hall–Kier alpha value is -3.14. The molecule has 2 aromatic carbocycles. The molecular weight excluding hydrogens is 326 g/mol. The van der Waals surface area contributed by atoms with Gasteiger partial charge in [-0.3, -0.25) is 9.59 Å². The standard InChI is InChI=1S/C22H19NO3/c1-2-26-21(24)14-23-13-17(18-8-5-6-10-20(18)23)12-16-11-15-7-3-4-9-19(15)22(16)25/h3-10,12-13H,2,11,14H2,1H3/b16-12+. The number of ketones is 1. The number of carbonyl (C=O) groups excluding carboxylic acids is 2. The fourth-order valence-corrected chi connectivity index (χ4v) is 3.53. The van der Waals surface area contributed by atoms with Crippen LogP contribution in [0.3, 0.4) is 0 Å². The molecule has 0 amide bonds. The summed E-state index contributed by atoms with van der Waals surface area (Å²) in [5, 5.41) is 1.02. The van der Waals surface area contributed by atoms with Gasteiger partial charge in [0.1, 0.15) is 6.54 Å². The smallest absolute Gasteiger partial charge is 0.325 e. The van der Waals surface area contributed by atoms with E-state index in [0.29, 0.717) is 13.0 Å². The van der Waals surface area contributed by atoms with Gasteiger partial charge in [-0.15, -0.1) is 0 Å². The maximum Gasteiger partial charge on any atom is 0.325 e. The van der Waals surface area contributed by atoms with Crippen LogP contribution in [0.1, 0.15) is 28.4 Å². The molecule has 0 unspecified atom stereocenters. The summed E-state index contributed by atoms with van der Waals surface area (Å²) in [6.45, 7) is 2.32. The van der Waals surface area contributed by atoms with Gasteiger partial charge in [-0.2, -0.15) is 0 Å². The second-order valence-electron chi connectivity index (χ2n) is 6.37. The highest BCUT2D eigenvalue weighted by Crippen LogP contribution is 2.30. The first-order chi connectivity index (χ1) is 12.7. The van der Waals surface area contributed by atoms with E-state index in [1.54, 1.807) is 6.92 Å². The van der Waals surface area contributed by atoms with E-state index in [4.69, 9.17) is 4.74 Å². The lowest BCUT2D eigenvalue weighted by Crippen LogP contribution is -2.12. The van der Waals surface area contributed by atoms with Crippen LogP contribution in [0.25, 0.3) is 17.0 Å². The van der Waals surface area contributed by atoms with E-state index in [2.05, 4.69) is 0 Å². The summed E-state index contributed by atoms with van der Waals surface area (Å²) < 4.78 is 6.95. The molecule has 1 aromatic heterocycles. The lowest BCUT2D eigenvalue weighted by Gasteiger charge is -2.04. The molecule has 130 valence electrons. The lowest BCUT2D eigenvalue weighted by molar-refractivity contribution is -0.143. The molecule has 0 bridgehead atoms. The summed E-state index contributed by atoms with van der Waals surface area (Å²) in [6.07, 6.45) is 4.52. The van der Waals surface area contributed by atoms with Crippen LogP contribution < -0.4 is 0 Å². The van der Waals surface area contributed by atoms with Gasteiger partial charge in [0.05, 0.1) is 6.61 Å². The van der Waals surface area contributed by atoms with Crippen molar-refractivity contribution in [2.24, 2.45) is 0 Å². The largest absolute Gasteiger partial charge is 0.465 e. The first-order valence-corrected chi connectivity index (χ1v) is 8.74. The van der Waals surface area contributed by atoms with Crippen molar-refractivity contribution in [3.63, 3.8) is 0 Å². The van der Waals surface area contributed by atoms with Crippen molar-refractivity contribution in [1.29, 1.82) is 0 Å². The number of para-hydroxylation sites is 1. The Labute approximate surface area is 151 Å². The average Bonchev–Trinajstić information content (AvgIpc) is 3.15. The van der Waals surface area contributed by atoms with Crippen molar-refractivity contribution in [2.45, 2.75) is 19.9 Å². The number of allylic oxidation sites excluding steroid dienone is 1. The Bertz CT molecular complexity index is 1040. The number of benzene rings is 2. The molecule has 0 fully saturated rings. The predicted octanol–water partition coefficient (Wildman–Crippen LogP) is 4.03. The number of fused-ring (bicyclic) bond motifs is 2. The normalized spacial score (nSPS) is 14.8. The number of rotatable bonds is 4. The Kier molecular flexibility index (Phi) is 4.17. The molecule has 0 atom stereocenters. The fourth-order valence-electron chi connectivity index (χ4n) is 3.53. The summed E-state index contributed by atoms with van der Waals surface area (Å²) in [5.41, 5.74) is 4.54. The maximum absolute atomic E-state index is 12.7. The molecule has 4 heteroatoms. The van der Waals surface area contributed by atoms with Crippen molar-refractivity contribution in [2.75, 3.05) is 6.61 Å². The van der Waals surface area contributed by atoms with Crippen molar-refractivity contribution in [3.8, 4) is 0 Å². The summed E-state index contributed by atoms with van der Waals surface area (Å²) in [7, 11) is 0. The van der Waals surface area contributed by atoms with Gasteiger partial charge in [-0.1, -0.05) is 42.5 Å². The van der Waals surface area contributed by atoms with Crippen LogP contribution in [0, 0.1) is 0 Å². The summed E-state index contributed by atoms with van der Waals surface area (Å²) in [6, 6.07) is 15.6. The maximum atomic E-state index is 12.7. The van der Waals surface area contributed by atoms with Crippen LogP contribution in [-0.2, 0) is 22.5 Å². The third-order valence-electron chi connectivity index (χ3n) is 4.69. The van der Waals surface area contributed by atoms with Crippen LogP contribution in [0.2, 0.25) is 0 Å². The predicted molar refractivity (Wildman–Crippen MR) is 101 cm³/mol. The van der Waals surface area contributed by atoms with E-state index in [1.807, 2.05) is 65.4 Å². The van der Waals surface area contributed by atoms with E-state index in [0.717, 1.165) is 33.2 Å². The Morgan fingerprint density at radius 3 is 2.73 bits per heavy atom. The number of ether oxygens (including phenoxy) is 1. The first-order valence-electron chi connectivity index (χ1n) is 8.74. The number of nitrogens with zero attached hydrogens (tertiary/aromatic N) is 1. The van der Waals surface area contributed by atoms with Crippen molar-refractivity contribution >= 4 is 28.7 Å². The summed E-state index contributed by atoms with van der Waals surface area (Å²) >= 11 is 0. The van der Waals surface area contributed by atoms with Gasteiger partial charge in [0.25, 0.3) is 0 Å². The lowest BCUT2D eigenvalue weighted by atomic mass is 10.1. The molecule has 3 aromatic rings. The second-order valence-corrected chi connectivity index (χ2v) is 6.37. The molecule has 0 spiro atoms. The molecule has 4 nitrogen and oxygen atoms in total. The van der Waals surface area contributed by atoms with Crippen LogP contribution >= 0.6 is 0 Å². The van der Waals surface area contributed by atoms with Crippen LogP contribution in [0.4, 0.5) is 0 Å². The molecule has 1 heterocycles. The minimum absolute atomic E-state index is 0.0859. The van der Waals surface area contributed by atoms with E-state index < -0.39 is 0 Å².